The third-order valence-electron chi connectivity index (χ3n) is 2.52. The molecule has 0 amide bonds. The third kappa shape index (κ3) is 2.74. The van der Waals surface area contributed by atoms with Crippen LogP contribution in [0.1, 0.15) is 11.1 Å². The zero-order chi connectivity index (χ0) is 12.8. The fourth-order valence-corrected chi connectivity index (χ4v) is 1.57. The lowest BCUT2D eigenvalue weighted by atomic mass is 10.1. The predicted molar refractivity (Wildman–Crippen MR) is 70.7 cm³/mol. The normalized spacial score (nSPS) is 10.8. The summed E-state index contributed by atoms with van der Waals surface area (Å²) < 4.78 is 5.09. The smallest absolute Gasteiger partial charge is 0.118 e. The first-order valence-corrected chi connectivity index (χ1v) is 5.50. The van der Waals surface area contributed by atoms with E-state index in [1.165, 1.54) is 0 Å². The van der Waals surface area contributed by atoms with Crippen LogP contribution in [-0.4, -0.2) is 12.1 Å². The Morgan fingerprint density at radius 3 is 2.61 bits per heavy atom. The molecule has 0 radical (unpaired) electrons. The van der Waals surface area contributed by atoms with Gasteiger partial charge < -0.3 is 4.74 Å². The van der Waals surface area contributed by atoms with Crippen LogP contribution in [-0.2, 0) is 0 Å². The summed E-state index contributed by atoms with van der Waals surface area (Å²) in [6, 6.07) is 13.4. The van der Waals surface area contributed by atoms with E-state index >= 15 is 0 Å². The number of nitrogens with zero attached hydrogens (tertiary/aromatic N) is 2. The van der Waals surface area contributed by atoms with E-state index in [0.29, 0.717) is 5.57 Å². The van der Waals surface area contributed by atoms with Gasteiger partial charge in [0.25, 0.3) is 0 Å². The molecule has 0 aliphatic heterocycles. The zero-order valence-corrected chi connectivity index (χ0v) is 10.00. The van der Waals surface area contributed by atoms with Crippen LogP contribution in [0.2, 0.25) is 0 Å². The van der Waals surface area contributed by atoms with Crippen molar-refractivity contribution in [2.75, 3.05) is 7.11 Å². The van der Waals surface area contributed by atoms with E-state index in [-0.39, 0.29) is 0 Å². The standard InChI is InChI=1S/C15H12N2O/c1-18-15-6-4-12(5-7-15)9-14(10-16)13-3-2-8-17-11-13/h2-9,11H,1H3. The molecule has 0 bridgehead atoms. The van der Waals surface area contributed by atoms with Crippen LogP contribution < -0.4 is 4.74 Å². The molecular weight excluding hydrogens is 224 g/mol. The minimum Gasteiger partial charge on any atom is -0.497 e. The molecule has 0 spiro atoms. The first kappa shape index (κ1) is 11.9. The van der Waals surface area contributed by atoms with Gasteiger partial charge >= 0.3 is 0 Å². The Hall–Kier alpha value is -2.60. The molecule has 0 fully saturated rings. The number of benzene rings is 1. The van der Waals surface area contributed by atoms with Gasteiger partial charge in [-0.15, -0.1) is 0 Å². The van der Waals surface area contributed by atoms with Crippen LogP contribution in [0.5, 0.6) is 5.75 Å². The molecule has 0 atom stereocenters. The second-order valence-corrected chi connectivity index (χ2v) is 3.68. The fourth-order valence-electron chi connectivity index (χ4n) is 1.57. The highest BCUT2D eigenvalue weighted by Crippen LogP contribution is 2.18. The number of rotatable bonds is 3. The van der Waals surface area contributed by atoms with E-state index in [9.17, 15) is 5.26 Å². The maximum atomic E-state index is 9.17. The molecule has 1 aromatic heterocycles. The summed E-state index contributed by atoms with van der Waals surface area (Å²) in [5.74, 6) is 0.798. The van der Waals surface area contributed by atoms with Gasteiger partial charge in [-0.25, -0.2) is 0 Å². The van der Waals surface area contributed by atoms with Gasteiger partial charge in [0.2, 0.25) is 0 Å². The Labute approximate surface area is 106 Å². The van der Waals surface area contributed by atoms with Crippen molar-refractivity contribution in [3.8, 4) is 11.8 Å². The third-order valence-corrected chi connectivity index (χ3v) is 2.52. The van der Waals surface area contributed by atoms with Crippen LogP contribution in [0.4, 0.5) is 0 Å². The second-order valence-electron chi connectivity index (χ2n) is 3.68. The predicted octanol–water partition coefficient (Wildman–Crippen LogP) is 3.15. The Morgan fingerprint density at radius 2 is 2.06 bits per heavy atom. The number of methoxy groups -OCH3 is 1. The van der Waals surface area contributed by atoms with Gasteiger partial charge in [0, 0.05) is 18.0 Å². The Bertz CT molecular complexity index is 580. The lowest BCUT2D eigenvalue weighted by Gasteiger charge is -2.01. The van der Waals surface area contributed by atoms with Gasteiger partial charge in [0.05, 0.1) is 18.8 Å². The Morgan fingerprint density at radius 1 is 1.28 bits per heavy atom. The van der Waals surface area contributed by atoms with Gasteiger partial charge in [-0.1, -0.05) is 18.2 Å². The van der Waals surface area contributed by atoms with E-state index in [0.717, 1.165) is 16.9 Å². The largest absolute Gasteiger partial charge is 0.497 e. The van der Waals surface area contributed by atoms with E-state index in [2.05, 4.69) is 11.1 Å². The van der Waals surface area contributed by atoms with Gasteiger partial charge in [-0.05, 0) is 29.8 Å². The first-order chi connectivity index (χ1) is 8.83. The molecule has 88 valence electrons. The number of pyridine rings is 1. The summed E-state index contributed by atoms with van der Waals surface area (Å²) in [5, 5.41) is 9.17. The highest BCUT2D eigenvalue weighted by atomic mass is 16.5. The van der Waals surface area contributed by atoms with Crippen molar-refractivity contribution >= 4 is 11.6 Å². The average Bonchev–Trinajstić information content (AvgIpc) is 2.46. The lowest BCUT2D eigenvalue weighted by molar-refractivity contribution is 0.415. The lowest BCUT2D eigenvalue weighted by Crippen LogP contribution is -1.84. The van der Waals surface area contributed by atoms with Gasteiger partial charge in [-0.3, -0.25) is 4.98 Å². The Kier molecular flexibility index (Phi) is 3.72. The fraction of sp³-hybridized carbons (Fsp3) is 0.0667. The molecule has 1 aromatic carbocycles. The molecular formula is C15H12N2O. The number of hydrogen-bond donors (Lipinski definition) is 0. The summed E-state index contributed by atoms with van der Waals surface area (Å²) in [6.45, 7) is 0. The molecule has 0 aliphatic carbocycles. The molecule has 0 N–H and O–H groups in total. The minimum absolute atomic E-state index is 0.591. The summed E-state index contributed by atoms with van der Waals surface area (Å²) in [5.41, 5.74) is 2.36. The molecule has 1 heterocycles. The number of ether oxygens (including phenoxy) is 1. The highest BCUT2D eigenvalue weighted by molar-refractivity contribution is 5.89. The van der Waals surface area contributed by atoms with Gasteiger partial charge in [0.15, 0.2) is 0 Å². The molecule has 0 saturated heterocycles. The summed E-state index contributed by atoms with van der Waals surface area (Å²) in [6.07, 6.45) is 5.20. The molecule has 3 nitrogen and oxygen atoms in total. The van der Waals surface area contributed by atoms with Crippen molar-refractivity contribution in [3.63, 3.8) is 0 Å². The van der Waals surface area contributed by atoms with Crippen LogP contribution in [0.3, 0.4) is 0 Å². The highest BCUT2D eigenvalue weighted by Gasteiger charge is 2.00. The van der Waals surface area contributed by atoms with Crippen molar-refractivity contribution in [1.82, 2.24) is 4.98 Å². The first-order valence-electron chi connectivity index (χ1n) is 5.50. The SMILES string of the molecule is COc1ccc(C=C(C#N)c2cccnc2)cc1. The van der Waals surface area contributed by atoms with Gasteiger partial charge in [-0.2, -0.15) is 5.26 Å². The topological polar surface area (TPSA) is 45.9 Å². The van der Waals surface area contributed by atoms with Crippen molar-refractivity contribution < 1.29 is 4.74 Å². The average molecular weight is 236 g/mol. The maximum Gasteiger partial charge on any atom is 0.118 e. The summed E-state index contributed by atoms with van der Waals surface area (Å²) in [4.78, 5) is 4.01. The zero-order valence-electron chi connectivity index (χ0n) is 10.00. The molecule has 2 aromatic rings. The maximum absolute atomic E-state index is 9.17. The minimum atomic E-state index is 0.591. The quantitative estimate of drug-likeness (QED) is 0.769. The molecule has 0 aliphatic rings. The summed E-state index contributed by atoms with van der Waals surface area (Å²) in [7, 11) is 1.63. The van der Waals surface area contributed by atoms with E-state index in [4.69, 9.17) is 4.74 Å². The van der Waals surface area contributed by atoms with Crippen molar-refractivity contribution in [2.45, 2.75) is 0 Å². The van der Waals surface area contributed by atoms with Crippen molar-refractivity contribution in [3.05, 3.63) is 59.9 Å². The molecule has 0 unspecified atom stereocenters. The van der Waals surface area contributed by atoms with Crippen LogP contribution in [0.15, 0.2) is 48.8 Å². The number of nitriles is 1. The molecule has 3 heteroatoms. The van der Waals surface area contributed by atoms with Gasteiger partial charge in [0.1, 0.15) is 5.75 Å². The van der Waals surface area contributed by atoms with Crippen LogP contribution in [0, 0.1) is 11.3 Å². The van der Waals surface area contributed by atoms with Crippen molar-refractivity contribution in [1.29, 1.82) is 5.26 Å². The monoisotopic (exact) mass is 236 g/mol. The number of allylic oxidation sites excluding steroid dienone is 1. The van der Waals surface area contributed by atoms with E-state index in [1.54, 1.807) is 19.5 Å². The van der Waals surface area contributed by atoms with Crippen LogP contribution in [0.25, 0.3) is 11.6 Å². The molecule has 18 heavy (non-hydrogen) atoms. The van der Waals surface area contributed by atoms with Crippen molar-refractivity contribution in [2.24, 2.45) is 0 Å². The van der Waals surface area contributed by atoms with E-state index in [1.807, 2.05) is 42.5 Å². The Balaban J connectivity index is 2.33. The number of hydrogen-bond acceptors (Lipinski definition) is 3. The number of aromatic nitrogens is 1. The molecule has 0 saturated carbocycles. The van der Waals surface area contributed by atoms with E-state index < -0.39 is 0 Å². The second kappa shape index (κ2) is 5.65. The summed E-state index contributed by atoms with van der Waals surface area (Å²) >= 11 is 0. The molecule has 2 rings (SSSR count). The van der Waals surface area contributed by atoms with Crippen LogP contribution >= 0.6 is 0 Å².